The Labute approximate surface area is 99.4 Å². The maximum atomic E-state index is 3.48. The van der Waals surface area contributed by atoms with E-state index in [0.29, 0.717) is 0 Å². The van der Waals surface area contributed by atoms with Gasteiger partial charge in [0.15, 0.2) is 0 Å². The van der Waals surface area contributed by atoms with Crippen LogP contribution in [0.3, 0.4) is 0 Å². The molecule has 1 aromatic rings. The highest BCUT2D eigenvalue weighted by atomic mass is 127. The zero-order valence-electron chi connectivity index (χ0n) is 8.52. The molecule has 0 spiro atoms. The summed E-state index contributed by atoms with van der Waals surface area (Å²) in [6.07, 6.45) is 2.65. The Morgan fingerprint density at radius 1 is 1.43 bits per heavy atom. The molecular formula is C12H16IN. The van der Waals surface area contributed by atoms with Gasteiger partial charge in [0.05, 0.1) is 0 Å². The van der Waals surface area contributed by atoms with Crippen molar-refractivity contribution >= 4 is 22.6 Å². The van der Waals surface area contributed by atoms with E-state index in [4.69, 9.17) is 0 Å². The molecule has 1 atom stereocenters. The summed E-state index contributed by atoms with van der Waals surface area (Å²) in [5.41, 5.74) is 2.92. The second-order valence-corrected chi connectivity index (χ2v) is 5.23. The van der Waals surface area contributed by atoms with E-state index >= 15 is 0 Å². The van der Waals surface area contributed by atoms with E-state index < -0.39 is 0 Å². The highest BCUT2D eigenvalue weighted by Gasteiger charge is 2.17. The molecule has 0 radical (unpaired) electrons. The van der Waals surface area contributed by atoms with Gasteiger partial charge in [0, 0.05) is 10.1 Å². The van der Waals surface area contributed by atoms with Crippen molar-refractivity contribution in [2.24, 2.45) is 0 Å². The molecule has 0 amide bonds. The predicted octanol–water partition coefficient (Wildman–Crippen LogP) is 3.07. The molecule has 14 heavy (non-hydrogen) atoms. The Hall–Kier alpha value is -0.0900. The minimum atomic E-state index is 0.732. The fourth-order valence-electron chi connectivity index (χ4n) is 2.09. The number of piperidine rings is 1. The van der Waals surface area contributed by atoms with Crippen molar-refractivity contribution in [1.29, 1.82) is 0 Å². The molecule has 1 nitrogen and oxygen atoms in total. The van der Waals surface area contributed by atoms with Gasteiger partial charge in [-0.25, -0.2) is 0 Å². The summed E-state index contributed by atoms with van der Waals surface area (Å²) in [5, 5.41) is 3.48. The van der Waals surface area contributed by atoms with E-state index in [-0.39, 0.29) is 0 Å². The third-order valence-electron chi connectivity index (χ3n) is 2.89. The number of benzene rings is 1. The van der Waals surface area contributed by atoms with Gasteiger partial charge in [-0.15, -0.1) is 0 Å². The number of hydrogen-bond acceptors (Lipinski definition) is 1. The van der Waals surface area contributed by atoms with Crippen LogP contribution in [-0.4, -0.2) is 13.1 Å². The Morgan fingerprint density at radius 2 is 2.29 bits per heavy atom. The zero-order chi connectivity index (χ0) is 9.97. The van der Waals surface area contributed by atoms with Gasteiger partial charge >= 0.3 is 0 Å². The lowest BCUT2D eigenvalue weighted by Crippen LogP contribution is -2.28. The molecule has 2 heteroatoms. The molecule has 1 saturated heterocycles. The number of hydrogen-bond donors (Lipinski definition) is 1. The van der Waals surface area contributed by atoms with Crippen molar-refractivity contribution in [3.63, 3.8) is 0 Å². The Kier molecular flexibility index (Phi) is 3.44. The van der Waals surface area contributed by atoms with Crippen LogP contribution in [0.5, 0.6) is 0 Å². The van der Waals surface area contributed by atoms with Gasteiger partial charge < -0.3 is 5.32 Å². The van der Waals surface area contributed by atoms with Gasteiger partial charge in [-0.05, 0) is 66.4 Å². The van der Waals surface area contributed by atoms with Crippen LogP contribution in [0.4, 0.5) is 0 Å². The fourth-order valence-corrected chi connectivity index (χ4v) is 2.87. The third-order valence-corrected chi connectivity index (χ3v) is 3.87. The number of halogens is 1. The molecule has 1 fully saturated rings. The first kappa shape index (κ1) is 10.4. The average Bonchev–Trinajstić information content (AvgIpc) is 2.23. The lowest BCUT2D eigenvalue weighted by Gasteiger charge is -2.24. The van der Waals surface area contributed by atoms with E-state index in [1.807, 2.05) is 0 Å². The van der Waals surface area contributed by atoms with Crippen molar-refractivity contribution in [2.75, 3.05) is 13.1 Å². The molecule has 1 heterocycles. The highest BCUT2D eigenvalue weighted by molar-refractivity contribution is 14.1. The standard InChI is InChI=1S/C12H16IN/c1-9-4-5-12(13)11(7-9)10-3-2-6-14-8-10/h4-5,7,10,14H,2-3,6,8H2,1H3/t10-/m0/s1. The number of rotatable bonds is 1. The second kappa shape index (κ2) is 4.62. The van der Waals surface area contributed by atoms with Gasteiger partial charge in [0.1, 0.15) is 0 Å². The number of aryl methyl sites for hydroxylation is 1. The summed E-state index contributed by atoms with van der Waals surface area (Å²) >= 11 is 2.45. The van der Waals surface area contributed by atoms with Gasteiger partial charge in [-0.3, -0.25) is 0 Å². The lowest BCUT2D eigenvalue weighted by molar-refractivity contribution is 0.460. The van der Waals surface area contributed by atoms with Crippen molar-refractivity contribution in [3.8, 4) is 0 Å². The number of nitrogens with one attached hydrogen (secondary N) is 1. The van der Waals surface area contributed by atoms with Gasteiger partial charge in [0.25, 0.3) is 0 Å². The molecule has 0 bridgehead atoms. The van der Waals surface area contributed by atoms with E-state index in [9.17, 15) is 0 Å². The molecule has 76 valence electrons. The summed E-state index contributed by atoms with van der Waals surface area (Å²) in [4.78, 5) is 0. The minimum Gasteiger partial charge on any atom is -0.316 e. The Balaban J connectivity index is 2.24. The first-order valence-electron chi connectivity index (χ1n) is 5.24. The molecule has 1 aliphatic rings. The summed E-state index contributed by atoms with van der Waals surface area (Å²) in [6, 6.07) is 6.78. The van der Waals surface area contributed by atoms with Crippen LogP contribution in [0.15, 0.2) is 18.2 Å². The molecule has 0 saturated carbocycles. The zero-order valence-corrected chi connectivity index (χ0v) is 10.7. The Bertz CT molecular complexity index is 316. The molecule has 2 rings (SSSR count). The molecule has 0 aliphatic carbocycles. The molecular weight excluding hydrogens is 285 g/mol. The van der Waals surface area contributed by atoms with Crippen LogP contribution in [0.1, 0.15) is 29.9 Å². The summed E-state index contributed by atoms with van der Waals surface area (Å²) in [7, 11) is 0. The lowest BCUT2D eigenvalue weighted by atomic mass is 9.91. The largest absolute Gasteiger partial charge is 0.316 e. The van der Waals surface area contributed by atoms with Crippen LogP contribution >= 0.6 is 22.6 Å². The van der Waals surface area contributed by atoms with Gasteiger partial charge in [-0.2, -0.15) is 0 Å². The van der Waals surface area contributed by atoms with Crippen molar-refractivity contribution in [3.05, 3.63) is 32.9 Å². The molecule has 0 unspecified atom stereocenters. The topological polar surface area (TPSA) is 12.0 Å². The first-order valence-corrected chi connectivity index (χ1v) is 6.32. The van der Waals surface area contributed by atoms with Crippen LogP contribution in [0.2, 0.25) is 0 Å². The predicted molar refractivity (Wildman–Crippen MR) is 68.7 cm³/mol. The van der Waals surface area contributed by atoms with Gasteiger partial charge in [0.2, 0.25) is 0 Å². The normalized spacial score (nSPS) is 22.3. The van der Waals surface area contributed by atoms with E-state index in [1.165, 1.54) is 34.1 Å². The van der Waals surface area contributed by atoms with Crippen LogP contribution < -0.4 is 5.32 Å². The first-order chi connectivity index (χ1) is 6.77. The third kappa shape index (κ3) is 2.28. The second-order valence-electron chi connectivity index (χ2n) is 4.07. The van der Waals surface area contributed by atoms with E-state index in [2.05, 4.69) is 53.0 Å². The Morgan fingerprint density at radius 3 is 3.00 bits per heavy atom. The quantitative estimate of drug-likeness (QED) is 0.786. The summed E-state index contributed by atoms with van der Waals surface area (Å²) in [5.74, 6) is 0.732. The monoisotopic (exact) mass is 301 g/mol. The highest BCUT2D eigenvalue weighted by Crippen LogP contribution is 2.27. The van der Waals surface area contributed by atoms with Crippen LogP contribution in [0, 0.1) is 10.5 Å². The molecule has 0 aromatic heterocycles. The fraction of sp³-hybridized carbons (Fsp3) is 0.500. The maximum Gasteiger partial charge on any atom is 0.0165 e. The SMILES string of the molecule is Cc1ccc(I)c([C@H]2CCCNC2)c1. The maximum absolute atomic E-state index is 3.48. The summed E-state index contributed by atoms with van der Waals surface area (Å²) in [6.45, 7) is 4.52. The van der Waals surface area contributed by atoms with Gasteiger partial charge in [-0.1, -0.05) is 17.7 Å². The van der Waals surface area contributed by atoms with Crippen molar-refractivity contribution in [1.82, 2.24) is 5.32 Å². The van der Waals surface area contributed by atoms with Crippen molar-refractivity contribution < 1.29 is 0 Å². The van der Waals surface area contributed by atoms with Crippen molar-refractivity contribution in [2.45, 2.75) is 25.7 Å². The van der Waals surface area contributed by atoms with E-state index in [1.54, 1.807) is 0 Å². The molecule has 1 aromatic carbocycles. The molecule has 1 N–H and O–H groups in total. The minimum absolute atomic E-state index is 0.732. The average molecular weight is 301 g/mol. The summed E-state index contributed by atoms with van der Waals surface area (Å²) < 4.78 is 1.42. The van der Waals surface area contributed by atoms with Crippen LogP contribution in [0.25, 0.3) is 0 Å². The smallest absolute Gasteiger partial charge is 0.0165 e. The van der Waals surface area contributed by atoms with Crippen LogP contribution in [-0.2, 0) is 0 Å². The molecule has 1 aliphatic heterocycles. The van der Waals surface area contributed by atoms with E-state index in [0.717, 1.165) is 12.5 Å².